The molecular weight excluding hydrogens is 486 g/mol. The van der Waals surface area contributed by atoms with E-state index >= 15 is 0 Å². The lowest BCUT2D eigenvalue weighted by Crippen LogP contribution is -2.53. The molecule has 2 aromatic carbocycles. The number of anilines is 1. The van der Waals surface area contributed by atoms with Gasteiger partial charge in [0.1, 0.15) is 0 Å². The predicted octanol–water partition coefficient (Wildman–Crippen LogP) is 4.23. The molecule has 1 fully saturated rings. The fourth-order valence-electron chi connectivity index (χ4n) is 5.36. The van der Waals surface area contributed by atoms with Crippen LogP contribution in [0.25, 0.3) is 0 Å². The van der Waals surface area contributed by atoms with Crippen LogP contribution >= 0.6 is 11.3 Å². The molecule has 3 heterocycles. The Labute approximate surface area is 221 Å². The molecular formula is C29H31N3O4S. The zero-order chi connectivity index (χ0) is 25.9. The van der Waals surface area contributed by atoms with Crippen molar-refractivity contribution in [2.45, 2.75) is 18.9 Å². The number of hydrogen-bond donors (Lipinski definition) is 0. The van der Waals surface area contributed by atoms with E-state index in [1.807, 2.05) is 75.8 Å². The summed E-state index contributed by atoms with van der Waals surface area (Å²) in [6.07, 6.45) is 0. The largest absolute Gasteiger partial charge is 0.383 e. The predicted molar refractivity (Wildman–Crippen MR) is 144 cm³/mol. The molecule has 1 aromatic heterocycles. The number of amides is 2. The van der Waals surface area contributed by atoms with Crippen molar-refractivity contribution < 1.29 is 19.1 Å². The Morgan fingerprint density at radius 1 is 0.973 bits per heavy atom. The summed E-state index contributed by atoms with van der Waals surface area (Å²) in [4.78, 5) is 46.4. The number of Topliss-reactive ketones (excluding diaryl/α,β-unsaturated/α-hetero) is 1. The maximum absolute atomic E-state index is 14.2. The Bertz CT molecular complexity index is 1270. The van der Waals surface area contributed by atoms with E-state index in [0.717, 1.165) is 16.1 Å². The van der Waals surface area contributed by atoms with Crippen LogP contribution in [0.2, 0.25) is 0 Å². The third-order valence-electron chi connectivity index (χ3n) is 7.31. The Morgan fingerprint density at radius 3 is 2.35 bits per heavy atom. The summed E-state index contributed by atoms with van der Waals surface area (Å²) >= 11 is 1.57. The van der Waals surface area contributed by atoms with Gasteiger partial charge >= 0.3 is 0 Å². The number of rotatable bonds is 7. The highest BCUT2D eigenvalue weighted by Gasteiger charge is 2.46. The van der Waals surface area contributed by atoms with Crippen molar-refractivity contribution in [3.8, 4) is 0 Å². The van der Waals surface area contributed by atoms with E-state index < -0.39 is 5.92 Å². The molecule has 2 amide bonds. The van der Waals surface area contributed by atoms with Crippen LogP contribution in [0.3, 0.4) is 0 Å². The molecule has 0 aliphatic carbocycles. The first kappa shape index (κ1) is 25.2. The molecule has 1 saturated heterocycles. The minimum atomic E-state index is -0.481. The summed E-state index contributed by atoms with van der Waals surface area (Å²) in [5.74, 6) is -0.444. The van der Waals surface area contributed by atoms with Crippen LogP contribution in [-0.4, -0.2) is 73.8 Å². The highest BCUT2D eigenvalue weighted by atomic mass is 32.1. The van der Waals surface area contributed by atoms with Crippen LogP contribution < -0.4 is 4.90 Å². The highest BCUT2D eigenvalue weighted by Crippen LogP contribution is 2.45. The summed E-state index contributed by atoms with van der Waals surface area (Å²) in [5, 5.41) is 1.99. The second kappa shape index (κ2) is 10.9. The first-order valence-corrected chi connectivity index (χ1v) is 13.4. The number of carbonyl (C=O) groups excluding carboxylic acids is 3. The molecule has 192 valence electrons. The maximum atomic E-state index is 14.2. The lowest BCUT2D eigenvalue weighted by atomic mass is 9.81. The van der Waals surface area contributed by atoms with Crippen molar-refractivity contribution in [1.82, 2.24) is 9.80 Å². The molecule has 2 aliphatic rings. The van der Waals surface area contributed by atoms with Gasteiger partial charge in [-0.1, -0.05) is 24.3 Å². The van der Waals surface area contributed by atoms with Gasteiger partial charge in [0.2, 0.25) is 5.91 Å². The fourth-order valence-corrected chi connectivity index (χ4v) is 6.23. The van der Waals surface area contributed by atoms with Crippen LogP contribution in [0.15, 0.2) is 66.0 Å². The van der Waals surface area contributed by atoms with Crippen LogP contribution in [-0.2, 0) is 9.53 Å². The van der Waals surface area contributed by atoms with E-state index in [2.05, 4.69) is 4.90 Å². The second-order valence-electron chi connectivity index (χ2n) is 9.43. The molecule has 5 rings (SSSR count). The average molecular weight is 518 g/mol. The van der Waals surface area contributed by atoms with Crippen molar-refractivity contribution in [1.29, 1.82) is 0 Å². The van der Waals surface area contributed by atoms with Gasteiger partial charge in [0.05, 0.1) is 18.6 Å². The smallest absolute Gasteiger partial charge is 0.254 e. The first-order chi connectivity index (χ1) is 18.0. The first-order valence-electron chi connectivity index (χ1n) is 12.6. The standard InChI is InChI=1S/C29H31N3O4S/c1-20(33)21-9-11-22(12-10-21)30-13-15-31(16-14-30)29(35)26-23-6-3-4-7-24(23)28(34)32(17-18-36-2)27(26)25-8-5-19-37-25/h3-12,19,26-27H,13-18H2,1-2H3/t26-,27+/m0/s1. The van der Waals surface area contributed by atoms with Crippen molar-refractivity contribution in [3.63, 3.8) is 0 Å². The molecule has 37 heavy (non-hydrogen) atoms. The van der Waals surface area contributed by atoms with Gasteiger partial charge in [0.25, 0.3) is 5.91 Å². The van der Waals surface area contributed by atoms with Crippen LogP contribution in [0, 0.1) is 0 Å². The Balaban J connectivity index is 1.41. The molecule has 2 atom stereocenters. The molecule has 0 unspecified atom stereocenters. The number of ketones is 1. The summed E-state index contributed by atoms with van der Waals surface area (Å²) in [5.41, 5.74) is 3.13. The average Bonchev–Trinajstić information content (AvgIpc) is 3.47. The highest BCUT2D eigenvalue weighted by molar-refractivity contribution is 7.10. The van der Waals surface area contributed by atoms with Gasteiger partial charge in [-0.05, 0) is 54.3 Å². The number of benzene rings is 2. The minimum absolute atomic E-state index is 0.0485. The van der Waals surface area contributed by atoms with E-state index in [-0.39, 0.29) is 23.6 Å². The van der Waals surface area contributed by atoms with Crippen LogP contribution in [0.1, 0.15) is 50.0 Å². The van der Waals surface area contributed by atoms with Gasteiger partial charge in [0.15, 0.2) is 5.78 Å². The number of methoxy groups -OCH3 is 1. The van der Waals surface area contributed by atoms with Crippen molar-refractivity contribution >= 4 is 34.6 Å². The quantitative estimate of drug-likeness (QED) is 0.439. The molecule has 7 nitrogen and oxygen atoms in total. The molecule has 0 saturated carbocycles. The third-order valence-corrected chi connectivity index (χ3v) is 8.25. The number of hydrogen-bond acceptors (Lipinski definition) is 6. The topological polar surface area (TPSA) is 70.2 Å². The molecule has 3 aromatic rings. The van der Waals surface area contributed by atoms with Gasteiger partial charge < -0.3 is 19.4 Å². The van der Waals surface area contributed by atoms with E-state index in [4.69, 9.17) is 4.74 Å². The fraction of sp³-hybridized carbons (Fsp3) is 0.345. The number of carbonyl (C=O) groups is 3. The lowest BCUT2D eigenvalue weighted by molar-refractivity contribution is -0.135. The van der Waals surface area contributed by atoms with E-state index in [1.165, 1.54) is 0 Å². The Morgan fingerprint density at radius 2 is 1.70 bits per heavy atom. The van der Waals surface area contributed by atoms with Gasteiger partial charge in [-0.3, -0.25) is 14.4 Å². The van der Waals surface area contributed by atoms with E-state index in [1.54, 1.807) is 25.4 Å². The number of piperazine rings is 1. The normalized spacial score (nSPS) is 19.6. The second-order valence-corrected chi connectivity index (χ2v) is 10.4. The van der Waals surface area contributed by atoms with E-state index in [9.17, 15) is 14.4 Å². The van der Waals surface area contributed by atoms with E-state index in [0.29, 0.717) is 50.5 Å². The molecule has 8 heteroatoms. The van der Waals surface area contributed by atoms with Crippen LogP contribution in [0.5, 0.6) is 0 Å². The number of thiophene rings is 1. The Kier molecular flexibility index (Phi) is 7.39. The van der Waals surface area contributed by atoms with Crippen molar-refractivity contribution in [3.05, 3.63) is 87.6 Å². The van der Waals surface area contributed by atoms with Gasteiger partial charge in [-0.2, -0.15) is 0 Å². The lowest BCUT2D eigenvalue weighted by Gasteiger charge is -2.44. The van der Waals surface area contributed by atoms with Gasteiger partial charge in [0, 0.05) is 61.5 Å². The number of fused-ring (bicyclic) bond motifs is 1. The van der Waals surface area contributed by atoms with Crippen molar-refractivity contribution in [2.75, 3.05) is 51.3 Å². The molecule has 2 aliphatic heterocycles. The molecule has 0 bridgehead atoms. The number of ether oxygens (including phenoxy) is 1. The summed E-state index contributed by atoms with van der Waals surface area (Å²) in [7, 11) is 1.62. The summed E-state index contributed by atoms with van der Waals surface area (Å²) in [6, 6.07) is 18.8. The maximum Gasteiger partial charge on any atom is 0.254 e. The summed E-state index contributed by atoms with van der Waals surface area (Å²) in [6.45, 7) is 4.98. The van der Waals surface area contributed by atoms with Crippen LogP contribution in [0.4, 0.5) is 5.69 Å². The van der Waals surface area contributed by atoms with Gasteiger partial charge in [-0.15, -0.1) is 11.3 Å². The number of nitrogens with zero attached hydrogens (tertiary/aromatic N) is 3. The monoisotopic (exact) mass is 517 g/mol. The zero-order valence-electron chi connectivity index (χ0n) is 21.1. The summed E-state index contributed by atoms with van der Waals surface area (Å²) < 4.78 is 5.32. The van der Waals surface area contributed by atoms with Crippen molar-refractivity contribution in [2.24, 2.45) is 0 Å². The zero-order valence-corrected chi connectivity index (χ0v) is 21.9. The molecule has 0 radical (unpaired) electrons. The van der Waals surface area contributed by atoms with Gasteiger partial charge in [-0.25, -0.2) is 0 Å². The SMILES string of the molecule is COCCN1C(=O)c2ccccc2[C@H](C(=O)N2CCN(c3ccc(C(C)=O)cc3)CC2)[C@H]1c1cccs1. The molecule has 0 N–H and O–H groups in total. The Hall–Kier alpha value is -3.49. The minimum Gasteiger partial charge on any atom is -0.383 e. The molecule has 0 spiro atoms. The third kappa shape index (κ3) is 4.91.